The Bertz CT molecular complexity index is 371. The van der Waals surface area contributed by atoms with Gasteiger partial charge in [0.2, 0.25) is 5.88 Å². The highest BCUT2D eigenvalue weighted by Gasteiger charge is 2.27. The second-order valence-electron chi connectivity index (χ2n) is 3.36. The third-order valence-electron chi connectivity index (χ3n) is 1.88. The highest BCUT2D eigenvalue weighted by molar-refractivity contribution is 9.10. The summed E-state index contributed by atoms with van der Waals surface area (Å²) in [5.74, 6) is 0.229. The normalized spacial score (nSPS) is 11.6. The number of hydrogen-bond donors (Lipinski definition) is 1. The molecule has 0 aliphatic rings. The van der Waals surface area contributed by atoms with Crippen molar-refractivity contribution in [3.63, 3.8) is 0 Å². The van der Waals surface area contributed by atoms with Gasteiger partial charge in [0, 0.05) is 22.8 Å². The minimum atomic E-state index is -4.21. The number of hydrogen-bond acceptors (Lipinski definition) is 3. The SMILES string of the molecule is CNCc1cc(Br)cnc1OCCC(F)(F)F. The number of nitrogens with one attached hydrogen (secondary N) is 1. The highest BCUT2D eigenvalue weighted by atomic mass is 79.9. The van der Waals surface area contributed by atoms with Gasteiger partial charge in [-0.3, -0.25) is 0 Å². The van der Waals surface area contributed by atoms with Gasteiger partial charge in [0.25, 0.3) is 0 Å². The van der Waals surface area contributed by atoms with Gasteiger partial charge in [-0.2, -0.15) is 13.2 Å². The number of halogens is 4. The summed E-state index contributed by atoms with van der Waals surface area (Å²) in [7, 11) is 1.74. The summed E-state index contributed by atoms with van der Waals surface area (Å²) in [6.07, 6.45) is -3.70. The van der Waals surface area contributed by atoms with Gasteiger partial charge in [-0.25, -0.2) is 4.98 Å². The van der Waals surface area contributed by atoms with Crippen molar-refractivity contribution in [1.82, 2.24) is 10.3 Å². The summed E-state index contributed by atoms with van der Waals surface area (Å²) < 4.78 is 41.6. The monoisotopic (exact) mass is 312 g/mol. The van der Waals surface area contributed by atoms with Crippen LogP contribution in [0.4, 0.5) is 13.2 Å². The van der Waals surface area contributed by atoms with E-state index in [1.807, 2.05) is 0 Å². The van der Waals surface area contributed by atoms with Crippen molar-refractivity contribution in [3.05, 3.63) is 22.3 Å². The molecule has 96 valence electrons. The van der Waals surface area contributed by atoms with E-state index in [0.717, 1.165) is 4.47 Å². The molecule has 0 saturated carbocycles. The number of alkyl halides is 3. The Labute approximate surface area is 106 Å². The Morgan fingerprint density at radius 3 is 2.76 bits per heavy atom. The van der Waals surface area contributed by atoms with Crippen molar-refractivity contribution in [3.8, 4) is 5.88 Å². The number of nitrogens with zero attached hydrogens (tertiary/aromatic N) is 1. The smallest absolute Gasteiger partial charge is 0.392 e. The second kappa shape index (κ2) is 6.20. The summed E-state index contributed by atoms with van der Waals surface area (Å²) in [6.45, 7) is 0.0582. The van der Waals surface area contributed by atoms with Gasteiger partial charge in [0.05, 0.1) is 13.0 Å². The molecule has 0 aliphatic heterocycles. The molecular formula is C10H12BrF3N2O. The molecule has 1 heterocycles. The van der Waals surface area contributed by atoms with E-state index in [4.69, 9.17) is 4.74 Å². The van der Waals surface area contributed by atoms with Crippen LogP contribution in [0, 0.1) is 0 Å². The van der Waals surface area contributed by atoms with Crippen LogP contribution in [0.25, 0.3) is 0 Å². The molecule has 0 unspecified atom stereocenters. The first-order valence-corrected chi connectivity index (χ1v) is 5.70. The highest BCUT2D eigenvalue weighted by Crippen LogP contribution is 2.23. The fourth-order valence-corrected chi connectivity index (χ4v) is 1.56. The molecule has 0 fully saturated rings. The third-order valence-corrected chi connectivity index (χ3v) is 2.32. The first kappa shape index (κ1) is 14.2. The minimum absolute atomic E-state index is 0.229. The van der Waals surface area contributed by atoms with E-state index in [1.54, 1.807) is 13.1 Å². The average Bonchev–Trinajstić information content (AvgIpc) is 2.20. The van der Waals surface area contributed by atoms with Crippen LogP contribution in [-0.4, -0.2) is 24.8 Å². The molecule has 0 atom stereocenters. The van der Waals surface area contributed by atoms with Gasteiger partial charge >= 0.3 is 6.18 Å². The largest absolute Gasteiger partial charge is 0.477 e. The number of pyridine rings is 1. The number of ether oxygens (including phenoxy) is 1. The summed E-state index contributed by atoms with van der Waals surface area (Å²) in [4.78, 5) is 3.94. The fourth-order valence-electron chi connectivity index (χ4n) is 1.18. The summed E-state index contributed by atoms with van der Waals surface area (Å²) in [5, 5.41) is 2.90. The van der Waals surface area contributed by atoms with Crippen molar-refractivity contribution in [2.24, 2.45) is 0 Å². The van der Waals surface area contributed by atoms with Gasteiger partial charge in [0.15, 0.2) is 0 Å². The minimum Gasteiger partial charge on any atom is -0.477 e. The maximum atomic E-state index is 12.0. The van der Waals surface area contributed by atoms with Crippen LogP contribution in [0.15, 0.2) is 16.7 Å². The molecule has 0 bridgehead atoms. The summed E-state index contributed by atoms with van der Waals surface area (Å²) in [6, 6.07) is 1.76. The fraction of sp³-hybridized carbons (Fsp3) is 0.500. The predicted octanol–water partition coefficient (Wildman–Crippen LogP) is 2.89. The van der Waals surface area contributed by atoms with Crippen LogP contribution in [0.3, 0.4) is 0 Å². The average molecular weight is 313 g/mol. The maximum absolute atomic E-state index is 12.0. The van der Waals surface area contributed by atoms with Crippen LogP contribution < -0.4 is 10.1 Å². The quantitative estimate of drug-likeness (QED) is 0.907. The molecule has 3 nitrogen and oxygen atoms in total. The lowest BCUT2D eigenvalue weighted by Crippen LogP contribution is -2.15. The topological polar surface area (TPSA) is 34.2 Å². The summed E-state index contributed by atoms with van der Waals surface area (Å²) in [5.41, 5.74) is 0.712. The van der Waals surface area contributed by atoms with E-state index in [1.165, 1.54) is 6.20 Å². The second-order valence-corrected chi connectivity index (χ2v) is 4.28. The van der Waals surface area contributed by atoms with E-state index in [9.17, 15) is 13.2 Å². The molecular weight excluding hydrogens is 301 g/mol. The van der Waals surface area contributed by atoms with E-state index >= 15 is 0 Å². The Balaban J connectivity index is 2.63. The predicted molar refractivity (Wildman–Crippen MR) is 60.9 cm³/mol. The Kier molecular flexibility index (Phi) is 5.20. The molecule has 0 aromatic carbocycles. The molecule has 7 heteroatoms. The lowest BCUT2D eigenvalue weighted by atomic mass is 10.2. The van der Waals surface area contributed by atoms with E-state index < -0.39 is 19.2 Å². The number of rotatable bonds is 5. The first-order valence-electron chi connectivity index (χ1n) is 4.91. The lowest BCUT2D eigenvalue weighted by molar-refractivity contribution is -0.139. The van der Waals surface area contributed by atoms with Crippen molar-refractivity contribution < 1.29 is 17.9 Å². The van der Waals surface area contributed by atoms with Crippen LogP contribution in [0.2, 0.25) is 0 Å². The van der Waals surface area contributed by atoms with E-state index in [0.29, 0.717) is 12.1 Å². The van der Waals surface area contributed by atoms with Crippen LogP contribution >= 0.6 is 15.9 Å². The van der Waals surface area contributed by atoms with Gasteiger partial charge in [-0.15, -0.1) is 0 Å². The van der Waals surface area contributed by atoms with Crippen LogP contribution in [-0.2, 0) is 6.54 Å². The molecule has 1 N–H and O–H groups in total. The standard InChI is InChI=1S/C10H12BrF3N2O/c1-15-5-7-4-8(11)6-16-9(7)17-3-2-10(12,13)14/h4,6,15H,2-3,5H2,1H3. The number of aromatic nitrogens is 1. The molecule has 0 amide bonds. The summed E-state index contributed by atoms with van der Waals surface area (Å²) >= 11 is 3.24. The molecule has 17 heavy (non-hydrogen) atoms. The third kappa shape index (κ3) is 5.36. The zero-order valence-electron chi connectivity index (χ0n) is 9.14. The Morgan fingerprint density at radius 1 is 1.47 bits per heavy atom. The van der Waals surface area contributed by atoms with Crippen LogP contribution in [0.1, 0.15) is 12.0 Å². The van der Waals surface area contributed by atoms with Gasteiger partial charge in [-0.1, -0.05) is 0 Å². The first-order chi connectivity index (χ1) is 7.92. The molecule has 0 radical (unpaired) electrons. The van der Waals surface area contributed by atoms with Crippen molar-refractivity contribution in [2.75, 3.05) is 13.7 Å². The lowest BCUT2D eigenvalue weighted by Gasteiger charge is -2.11. The van der Waals surface area contributed by atoms with Crippen molar-refractivity contribution >= 4 is 15.9 Å². The van der Waals surface area contributed by atoms with Crippen molar-refractivity contribution in [2.45, 2.75) is 19.1 Å². The van der Waals surface area contributed by atoms with Gasteiger partial charge in [0.1, 0.15) is 0 Å². The maximum Gasteiger partial charge on any atom is 0.392 e. The van der Waals surface area contributed by atoms with Gasteiger partial charge < -0.3 is 10.1 Å². The molecule has 1 aromatic rings. The Morgan fingerprint density at radius 2 is 2.18 bits per heavy atom. The van der Waals surface area contributed by atoms with E-state index in [-0.39, 0.29) is 5.88 Å². The molecule has 0 spiro atoms. The zero-order valence-corrected chi connectivity index (χ0v) is 10.7. The molecule has 0 aliphatic carbocycles. The van der Waals surface area contributed by atoms with Crippen molar-refractivity contribution in [1.29, 1.82) is 0 Å². The molecule has 0 saturated heterocycles. The van der Waals surface area contributed by atoms with E-state index in [2.05, 4.69) is 26.2 Å². The Hall–Kier alpha value is -0.820. The van der Waals surface area contributed by atoms with Crippen LogP contribution in [0.5, 0.6) is 5.88 Å². The molecule has 1 rings (SSSR count). The zero-order chi connectivity index (χ0) is 12.9. The molecule has 1 aromatic heterocycles. The van der Waals surface area contributed by atoms with Gasteiger partial charge in [-0.05, 0) is 29.0 Å².